The van der Waals surface area contributed by atoms with Gasteiger partial charge in [-0.25, -0.2) is 8.42 Å². The third-order valence-electron chi connectivity index (χ3n) is 5.48. The molecule has 8 nitrogen and oxygen atoms in total. The van der Waals surface area contributed by atoms with Crippen molar-refractivity contribution in [2.45, 2.75) is 6.10 Å². The van der Waals surface area contributed by atoms with Crippen molar-refractivity contribution >= 4 is 38.9 Å². The molecule has 2 aromatic rings. The molecule has 2 aliphatic heterocycles. The second-order valence-corrected chi connectivity index (χ2v) is 9.84. The van der Waals surface area contributed by atoms with Crippen LogP contribution in [0.5, 0.6) is 11.5 Å². The number of anilines is 2. The van der Waals surface area contributed by atoms with E-state index in [9.17, 15) is 13.2 Å². The van der Waals surface area contributed by atoms with E-state index in [1.54, 1.807) is 24.1 Å². The first-order chi connectivity index (χ1) is 14.8. The van der Waals surface area contributed by atoms with Crippen molar-refractivity contribution in [3.8, 4) is 11.5 Å². The number of amides is 1. The monoisotopic (exact) mass is 465 g/mol. The van der Waals surface area contributed by atoms with Gasteiger partial charge in [-0.2, -0.15) is 0 Å². The van der Waals surface area contributed by atoms with Gasteiger partial charge >= 0.3 is 0 Å². The highest BCUT2D eigenvalue weighted by Gasteiger charge is 2.38. The van der Waals surface area contributed by atoms with Crippen molar-refractivity contribution in [3.63, 3.8) is 0 Å². The Morgan fingerprint density at radius 1 is 1.10 bits per heavy atom. The molecule has 31 heavy (non-hydrogen) atoms. The number of para-hydroxylation sites is 2. The van der Waals surface area contributed by atoms with Crippen LogP contribution in [-0.4, -0.2) is 71.4 Å². The van der Waals surface area contributed by atoms with Crippen LogP contribution in [0.2, 0.25) is 5.02 Å². The zero-order chi connectivity index (χ0) is 22.2. The van der Waals surface area contributed by atoms with Crippen molar-refractivity contribution in [2.75, 3.05) is 55.3 Å². The molecule has 1 amide bonds. The van der Waals surface area contributed by atoms with Gasteiger partial charge in [-0.15, -0.1) is 0 Å². The van der Waals surface area contributed by atoms with Crippen molar-refractivity contribution in [2.24, 2.45) is 0 Å². The van der Waals surface area contributed by atoms with Crippen LogP contribution >= 0.6 is 11.6 Å². The van der Waals surface area contributed by atoms with E-state index in [0.717, 1.165) is 17.7 Å². The molecule has 0 saturated carbocycles. The fourth-order valence-corrected chi connectivity index (χ4v) is 5.00. The molecular formula is C21H24ClN3O5S. The lowest BCUT2D eigenvalue weighted by molar-refractivity contribution is -0.138. The van der Waals surface area contributed by atoms with Gasteiger partial charge in [0.1, 0.15) is 11.5 Å². The van der Waals surface area contributed by atoms with Gasteiger partial charge in [-0.3, -0.25) is 9.10 Å². The summed E-state index contributed by atoms with van der Waals surface area (Å²) in [5, 5.41) is 0.397. The molecular weight excluding hydrogens is 442 g/mol. The predicted molar refractivity (Wildman–Crippen MR) is 120 cm³/mol. The number of nitrogens with zero attached hydrogens (tertiary/aromatic N) is 3. The number of carbonyl (C=O) groups is 1. The van der Waals surface area contributed by atoms with Gasteiger partial charge < -0.3 is 19.3 Å². The maximum Gasteiger partial charge on any atom is 0.265 e. The second-order valence-electron chi connectivity index (χ2n) is 7.50. The minimum atomic E-state index is -3.60. The molecule has 0 aromatic heterocycles. The zero-order valence-corrected chi connectivity index (χ0v) is 18.9. The number of carbonyl (C=O) groups excluding carboxylic acids is 1. The molecule has 2 heterocycles. The molecule has 0 aliphatic carbocycles. The number of rotatable bonds is 4. The van der Waals surface area contributed by atoms with Gasteiger partial charge in [-0.1, -0.05) is 23.7 Å². The lowest BCUT2D eigenvalue weighted by Crippen LogP contribution is -2.56. The lowest BCUT2D eigenvalue weighted by atomic mass is 10.2. The summed E-state index contributed by atoms with van der Waals surface area (Å²) in [6.07, 6.45) is 0.192. The van der Waals surface area contributed by atoms with E-state index in [-0.39, 0.29) is 12.5 Å². The topological polar surface area (TPSA) is 79.4 Å². The molecule has 0 unspecified atom stereocenters. The van der Waals surface area contributed by atoms with Crippen LogP contribution in [0.4, 0.5) is 11.4 Å². The highest BCUT2D eigenvalue weighted by atomic mass is 35.5. The van der Waals surface area contributed by atoms with Crippen molar-refractivity contribution in [3.05, 3.63) is 47.5 Å². The van der Waals surface area contributed by atoms with Gasteiger partial charge in [0.05, 0.1) is 31.3 Å². The van der Waals surface area contributed by atoms with E-state index in [0.29, 0.717) is 42.6 Å². The highest BCUT2D eigenvalue weighted by molar-refractivity contribution is 7.92. The average molecular weight is 466 g/mol. The Morgan fingerprint density at radius 2 is 1.81 bits per heavy atom. The molecule has 2 aromatic carbocycles. The number of sulfonamides is 1. The van der Waals surface area contributed by atoms with E-state index < -0.39 is 16.1 Å². The maximum atomic E-state index is 13.2. The minimum absolute atomic E-state index is 0.0856. The zero-order valence-electron chi connectivity index (χ0n) is 17.3. The molecule has 1 fully saturated rings. The van der Waals surface area contributed by atoms with Gasteiger partial charge in [0, 0.05) is 31.2 Å². The number of piperazine rings is 1. The molecule has 166 valence electrons. The van der Waals surface area contributed by atoms with E-state index in [2.05, 4.69) is 4.90 Å². The summed E-state index contributed by atoms with van der Waals surface area (Å²) in [6.45, 7) is 2.20. The molecule has 2 aliphatic rings. The van der Waals surface area contributed by atoms with Gasteiger partial charge in [-0.05, 0) is 30.3 Å². The van der Waals surface area contributed by atoms with Crippen LogP contribution in [0.15, 0.2) is 42.5 Å². The minimum Gasteiger partial charge on any atom is -0.495 e. The predicted octanol–water partition coefficient (Wildman–Crippen LogP) is 2.22. The summed E-state index contributed by atoms with van der Waals surface area (Å²) in [6, 6.07) is 12.5. The third-order valence-corrected chi connectivity index (χ3v) is 6.87. The first-order valence-corrected chi connectivity index (χ1v) is 12.1. The van der Waals surface area contributed by atoms with Crippen LogP contribution in [0, 0.1) is 0 Å². The van der Waals surface area contributed by atoms with Gasteiger partial charge in [0.2, 0.25) is 10.0 Å². The molecule has 0 spiro atoms. The number of benzene rings is 2. The number of halogens is 1. The summed E-state index contributed by atoms with van der Waals surface area (Å²) >= 11 is 6.03. The van der Waals surface area contributed by atoms with Gasteiger partial charge in [0.15, 0.2) is 6.10 Å². The fraction of sp³-hybridized carbons (Fsp3) is 0.381. The largest absolute Gasteiger partial charge is 0.495 e. The van der Waals surface area contributed by atoms with Crippen molar-refractivity contribution in [1.82, 2.24) is 4.90 Å². The second kappa shape index (κ2) is 8.47. The Kier molecular flexibility index (Phi) is 5.90. The summed E-state index contributed by atoms with van der Waals surface area (Å²) < 4.78 is 37.2. The normalized spacial score (nSPS) is 18.9. The highest BCUT2D eigenvalue weighted by Crippen LogP contribution is 2.37. The Morgan fingerprint density at radius 3 is 2.48 bits per heavy atom. The summed E-state index contributed by atoms with van der Waals surface area (Å²) in [5.41, 5.74) is 1.33. The van der Waals surface area contributed by atoms with Crippen LogP contribution in [-0.2, 0) is 14.8 Å². The Hall–Kier alpha value is -2.65. The summed E-state index contributed by atoms with van der Waals surface area (Å²) in [4.78, 5) is 17.1. The van der Waals surface area contributed by atoms with E-state index in [1.165, 1.54) is 10.4 Å². The maximum absolute atomic E-state index is 13.2. The van der Waals surface area contributed by atoms with Gasteiger partial charge in [0.25, 0.3) is 5.91 Å². The lowest BCUT2D eigenvalue weighted by Gasteiger charge is -2.40. The Bertz CT molecular complexity index is 1090. The molecule has 4 rings (SSSR count). The first kappa shape index (κ1) is 21.6. The molecule has 10 heteroatoms. The van der Waals surface area contributed by atoms with Crippen LogP contribution in [0.25, 0.3) is 0 Å². The molecule has 0 N–H and O–H groups in total. The summed E-state index contributed by atoms with van der Waals surface area (Å²) in [5.74, 6) is 0.887. The Labute approximate surface area is 186 Å². The number of ether oxygens (including phenoxy) is 2. The molecule has 0 bridgehead atoms. The molecule has 1 atom stereocenters. The van der Waals surface area contributed by atoms with E-state index in [1.807, 2.05) is 24.3 Å². The Balaban J connectivity index is 1.48. The fourth-order valence-electron chi connectivity index (χ4n) is 3.93. The van der Waals surface area contributed by atoms with E-state index >= 15 is 0 Å². The van der Waals surface area contributed by atoms with Crippen LogP contribution in [0.1, 0.15) is 0 Å². The quantitative estimate of drug-likeness (QED) is 0.689. The average Bonchev–Trinajstić information content (AvgIpc) is 2.77. The van der Waals surface area contributed by atoms with Crippen LogP contribution < -0.4 is 18.7 Å². The van der Waals surface area contributed by atoms with Crippen LogP contribution in [0.3, 0.4) is 0 Å². The SMILES string of the molecule is COc1ccccc1N1CCN(C(=O)[C@@H]2CN(S(C)(=O)=O)c3cc(Cl)ccc3O2)CC1. The first-order valence-electron chi connectivity index (χ1n) is 9.88. The molecule has 0 radical (unpaired) electrons. The standard InChI is InChI=1S/C21H24ClN3O5S/c1-29-18-6-4-3-5-16(18)23-9-11-24(12-10-23)21(26)20-14-25(31(2,27)28)17-13-15(22)7-8-19(17)30-20/h3-8,13,20H,9-12,14H2,1-2H3/t20-/m0/s1. The summed E-state index contributed by atoms with van der Waals surface area (Å²) in [7, 11) is -1.97. The number of hydrogen-bond acceptors (Lipinski definition) is 6. The number of hydrogen-bond donors (Lipinski definition) is 0. The van der Waals surface area contributed by atoms with Crippen molar-refractivity contribution < 1.29 is 22.7 Å². The van der Waals surface area contributed by atoms with E-state index in [4.69, 9.17) is 21.1 Å². The molecule has 1 saturated heterocycles. The third kappa shape index (κ3) is 4.38. The smallest absolute Gasteiger partial charge is 0.265 e. The number of methoxy groups -OCH3 is 1. The number of fused-ring (bicyclic) bond motifs is 1. The van der Waals surface area contributed by atoms with Crippen molar-refractivity contribution in [1.29, 1.82) is 0 Å².